The van der Waals surface area contributed by atoms with Gasteiger partial charge in [0.05, 0.1) is 17.1 Å². The first-order valence-electron chi connectivity index (χ1n) is 11.4. The van der Waals surface area contributed by atoms with Crippen molar-refractivity contribution >= 4 is 27.5 Å². The van der Waals surface area contributed by atoms with Crippen molar-refractivity contribution in [3.05, 3.63) is 95.2 Å². The summed E-state index contributed by atoms with van der Waals surface area (Å²) < 4.78 is 19.6. The molecule has 0 spiro atoms. The predicted octanol–water partition coefficient (Wildman–Crippen LogP) is 5.50. The van der Waals surface area contributed by atoms with Gasteiger partial charge in [-0.15, -0.1) is 0 Å². The molecule has 1 aliphatic rings. The lowest BCUT2D eigenvalue weighted by Crippen LogP contribution is -2.37. The van der Waals surface area contributed by atoms with Gasteiger partial charge in [-0.25, -0.2) is 4.79 Å². The van der Waals surface area contributed by atoms with Crippen LogP contribution in [-0.4, -0.2) is 54.7 Å². The summed E-state index contributed by atoms with van der Waals surface area (Å²) in [6.07, 6.45) is 1.86. The number of aromatic amines is 1. The zero-order valence-electron chi connectivity index (χ0n) is 19.1. The number of aromatic nitrogens is 1. The molecule has 0 saturated carbocycles. The summed E-state index contributed by atoms with van der Waals surface area (Å²) in [5, 5.41) is 10.9. The summed E-state index contributed by atoms with van der Waals surface area (Å²) in [7, 11) is -2.39. The molecule has 35 heavy (non-hydrogen) atoms. The second kappa shape index (κ2) is 9.61. The van der Waals surface area contributed by atoms with E-state index >= 15 is 0 Å². The standard InChI is InChI=1S/C28H26N2O4S/c31-28(32)25-3-1-2-23(27(25)24-11-10-22-12-13-29-26(22)18-24)9-8-20-4-6-21(7-5-20)19-30-14-16-35(33,34)17-15-30/h1-7,10-13,18,29,33-34H,14-17,19H2,(H,31,32). The molecule has 0 amide bonds. The maximum Gasteiger partial charge on any atom is 0.336 e. The first-order chi connectivity index (χ1) is 16.9. The van der Waals surface area contributed by atoms with Crippen molar-refractivity contribution in [2.75, 3.05) is 24.6 Å². The molecule has 0 unspecified atom stereocenters. The van der Waals surface area contributed by atoms with Gasteiger partial charge in [0.15, 0.2) is 0 Å². The summed E-state index contributed by atoms with van der Waals surface area (Å²) in [4.78, 5) is 17.4. The minimum atomic E-state index is -2.39. The lowest BCUT2D eigenvalue weighted by atomic mass is 9.93. The molecule has 4 N–H and O–H groups in total. The van der Waals surface area contributed by atoms with E-state index in [2.05, 4.69) is 21.7 Å². The Hall–Kier alpha value is -3.54. The zero-order chi connectivity index (χ0) is 24.4. The second-order valence-electron chi connectivity index (χ2n) is 8.75. The highest BCUT2D eigenvalue weighted by Crippen LogP contribution is 2.40. The van der Waals surface area contributed by atoms with E-state index < -0.39 is 16.6 Å². The highest BCUT2D eigenvalue weighted by molar-refractivity contribution is 8.24. The molecule has 1 aromatic heterocycles. The minimum Gasteiger partial charge on any atom is -0.478 e. The molecular formula is C28H26N2O4S. The molecule has 2 heterocycles. The van der Waals surface area contributed by atoms with Crippen LogP contribution in [0.4, 0.5) is 0 Å². The number of nitrogens with zero attached hydrogens (tertiary/aromatic N) is 1. The van der Waals surface area contributed by atoms with Gasteiger partial charge in [0, 0.05) is 48.0 Å². The molecule has 4 aromatic rings. The number of hydrogen-bond acceptors (Lipinski definition) is 4. The van der Waals surface area contributed by atoms with Crippen LogP contribution in [0.5, 0.6) is 0 Å². The first-order valence-corrected chi connectivity index (χ1v) is 13.3. The van der Waals surface area contributed by atoms with Crippen LogP contribution in [0.15, 0.2) is 72.9 Å². The summed E-state index contributed by atoms with van der Waals surface area (Å²) >= 11 is 0. The Labute approximate surface area is 205 Å². The van der Waals surface area contributed by atoms with E-state index in [0.29, 0.717) is 35.7 Å². The lowest BCUT2D eigenvalue weighted by molar-refractivity contribution is 0.0697. The highest BCUT2D eigenvalue weighted by Gasteiger charge is 2.22. The van der Waals surface area contributed by atoms with Crippen molar-refractivity contribution in [3.8, 4) is 23.0 Å². The van der Waals surface area contributed by atoms with E-state index in [1.54, 1.807) is 12.1 Å². The zero-order valence-corrected chi connectivity index (χ0v) is 19.9. The van der Waals surface area contributed by atoms with Gasteiger partial charge in [0.25, 0.3) is 0 Å². The van der Waals surface area contributed by atoms with Crippen LogP contribution < -0.4 is 0 Å². The lowest BCUT2D eigenvalue weighted by Gasteiger charge is -2.41. The predicted molar refractivity (Wildman–Crippen MR) is 141 cm³/mol. The van der Waals surface area contributed by atoms with Crippen molar-refractivity contribution in [2.45, 2.75) is 6.54 Å². The number of aromatic carboxylic acids is 1. The Morgan fingerprint density at radius 1 is 0.971 bits per heavy atom. The molecule has 1 saturated heterocycles. The molecule has 0 aliphatic carbocycles. The maximum absolute atomic E-state index is 12.0. The molecule has 7 heteroatoms. The topological polar surface area (TPSA) is 96.8 Å². The van der Waals surface area contributed by atoms with Crippen molar-refractivity contribution in [3.63, 3.8) is 0 Å². The normalized spacial score (nSPS) is 16.4. The Morgan fingerprint density at radius 2 is 1.74 bits per heavy atom. The molecule has 1 aliphatic heterocycles. The first kappa shape index (κ1) is 23.2. The molecule has 5 rings (SSSR count). The number of hydrogen-bond donors (Lipinski definition) is 4. The van der Waals surface area contributed by atoms with Gasteiger partial charge in [0.1, 0.15) is 0 Å². The Kier molecular flexibility index (Phi) is 6.37. The van der Waals surface area contributed by atoms with Gasteiger partial charge in [0.2, 0.25) is 0 Å². The number of nitrogens with one attached hydrogen (secondary N) is 1. The molecule has 6 nitrogen and oxygen atoms in total. The van der Waals surface area contributed by atoms with Crippen LogP contribution in [0.25, 0.3) is 22.0 Å². The number of carbonyl (C=O) groups is 1. The average Bonchev–Trinajstić information content (AvgIpc) is 3.32. The largest absolute Gasteiger partial charge is 0.478 e. The second-order valence-corrected chi connectivity index (χ2v) is 11.2. The van der Waals surface area contributed by atoms with E-state index in [1.165, 1.54) is 0 Å². The number of H-pyrrole nitrogens is 1. The molecule has 1 fully saturated rings. The van der Waals surface area contributed by atoms with Gasteiger partial charge < -0.3 is 10.1 Å². The van der Waals surface area contributed by atoms with Gasteiger partial charge in [-0.2, -0.15) is 10.6 Å². The van der Waals surface area contributed by atoms with E-state index in [0.717, 1.165) is 34.1 Å². The van der Waals surface area contributed by atoms with Crippen LogP contribution in [0.3, 0.4) is 0 Å². The van der Waals surface area contributed by atoms with E-state index in [-0.39, 0.29) is 5.56 Å². The van der Waals surface area contributed by atoms with Crippen LogP contribution in [0.1, 0.15) is 27.0 Å². The van der Waals surface area contributed by atoms with Crippen LogP contribution >= 0.6 is 10.6 Å². The smallest absolute Gasteiger partial charge is 0.336 e. The van der Waals surface area contributed by atoms with Crippen molar-refractivity contribution < 1.29 is 19.0 Å². The van der Waals surface area contributed by atoms with Crippen LogP contribution in [0, 0.1) is 11.8 Å². The van der Waals surface area contributed by atoms with Crippen LogP contribution in [0.2, 0.25) is 0 Å². The van der Waals surface area contributed by atoms with Crippen LogP contribution in [-0.2, 0) is 6.54 Å². The molecule has 178 valence electrons. The summed E-state index contributed by atoms with van der Waals surface area (Å²) in [5.41, 5.74) is 5.21. The average molecular weight is 487 g/mol. The maximum atomic E-state index is 12.0. The van der Waals surface area contributed by atoms with Crippen molar-refractivity contribution in [1.29, 1.82) is 0 Å². The Balaban J connectivity index is 1.40. The molecular weight excluding hydrogens is 460 g/mol. The number of rotatable bonds is 4. The minimum absolute atomic E-state index is 0.219. The van der Waals surface area contributed by atoms with Crippen molar-refractivity contribution in [2.24, 2.45) is 0 Å². The molecule has 0 bridgehead atoms. The summed E-state index contributed by atoms with van der Waals surface area (Å²) in [6, 6.07) is 21.0. The molecule has 0 radical (unpaired) electrons. The number of benzene rings is 3. The number of carboxylic acid groups (broad SMARTS) is 1. The fourth-order valence-electron chi connectivity index (χ4n) is 4.36. The van der Waals surface area contributed by atoms with Gasteiger partial charge in [-0.1, -0.05) is 42.2 Å². The van der Waals surface area contributed by atoms with E-state index in [4.69, 9.17) is 0 Å². The summed E-state index contributed by atoms with van der Waals surface area (Å²) in [6.45, 7) is 2.12. The third-order valence-corrected chi connectivity index (χ3v) is 7.98. The number of fused-ring (bicyclic) bond motifs is 1. The third kappa shape index (κ3) is 5.26. The quantitative estimate of drug-likeness (QED) is 0.286. The van der Waals surface area contributed by atoms with Gasteiger partial charge >= 0.3 is 5.97 Å². The fourth-order valence-corrected chi connectivity index (χ4v) is 5.67. The third-order valence-electron chi connectivity index (χ3n) is 6.31. The SMILES string of the molecule is O=C(O)c1cccc(C#Cc2ccc(CN3CCS(O)(O)CC3)cc2)c1-c1ccc2cc[nH]c2c1. The highest BCUT2D eigenvalue weighted by atomic mass is 32.3. The Morgan fingerprint density at radius 3 is 2.49 bits per heavy atom. The molecule has 0 atom stereocenters. The van der Waals surface area contributed by atoms with E-state index in [1.807, 2.05) is 60.8 Å². The van der Waals surface area contributed by atoms with Gasteiger partial charge in [-0.3, -0.25) is 14.0 Å². The monoisotopic (exact) mass is 486 g/mol. The molecule has 3 aromatic carbocycles. The fraction of sp³-hybridized carbons (Fsp3) is 0.179. The van der Waals surface area contributed by atoms with Crippen molar-refractivity contribution in [1.82, 2.24) is 9.88 Å². The number of carboxylic acids is 1. The van der Waals surface area contributed by atoms with Gasteiger partial charge in [-0.05, 0) is 52.9 Å². The summed E-state index contributed by atoms with van der Waals surface area (Å²) in [5.74, 6) is 6.26. The van der Waals surface area contributed by atoms with E-state index in [9.17, 15) is 19.0 Å². The Bertz CT molecular complexity index is 1440.